The van der Waals surface area contributed by atoms with Gasteiger partial charge in [-0.05, 0) is 18.6 Å². The maximum atomic E-state index is 11.7. The molecule has 1 saturated heterocycles. The average molecular weight is 234 g/mol. The molecule has 0 unspecified atom stereocenters. The molecule has 1 N–H and O–H groups in total. The molecule has 1 fully saturated rings. The lowest BCUT2D eigenvalue weighted by Crippen LogP contribution is -2.46. The van der Waals surface area contributed by atoms with Crippen LogP contribution in [0.4, 0.5) is 10.5 Å². The fraction of sp³-hybridized carbons (Fsp3) is 0.417. The Balaban J connectivity index is 1.89. The second kappa shape index (κ2) is 4.16. The lowest BCUT2D eigenvalue weighted by Gasteiger charge is -2.28. The summed E-state index contributed by atoms with van der Waals surface area (Å²) in [5, 5.41) is 2.83. The molecule has 0 aromatic heterocycles. The predicted octanol–water partition coefficient (Wildman–Crippen LogP) is 1.38. The third-order valence-electron chi connectivity index (χ3n) is 2.92. The van der Waals surface area contributed by atoms with Crippen LogP contribution in [0.5, 0.6) is 11.5 Å². The van der Waals surface area contributed by atoms with Gasteiger partial charge in [0.1, 0.15) is 13.2 Å². The van der Waals surface area contributed by atoms with Gasteiger partial charge in [0, 0.05) is 24.8 Å². The van der Waals surface area contributed by atoms with Crippen molar-refractivity contribution in [3.63, 3.8) is 0 Å². The topological polar surface area (TPSA) is 50.8 Å². The van der Waals surface area contributed by atoms with Gasteiger partial charge in [0.15, 0.2) is 11.5 Å². The number of fused-ring (bicyclic) bond motifs is 1. The summed E-state index contributed by atoms with van der Waals surface area (Å²) in [6.45, 7) is 2.63. The molecule has 5 nitrogen and oxygen atoms in total. The number of ether oxygens (including phenoxy) is 2. The molecule has 2 aliphatic heterocycles. The van der Waals surface area contributed by atoms with E-state index in [4.69, 9.17) is 9.47 Å². The smallest absolute Gasteiger partial charge is 0.321 e. The van der Waals surface area contributed by atoms with E-state index in [2.05, 4.69) is 5.32 Å². The summed E-state index contributed by atoms with van der Waals surface area (Å²) in [7, 11) is 0. The summed E-state index contributed by atoms with van der Waals surface area (Å²) >= 11 is 0. The number of anilines is 1. The summed E-state index contributed by atoms with van der Waals surface area (Å²) in [5.74, 6) is 1.46. The zero-order chi connectivity index (χ0) is 11.7. The van der Waals surface area contributed by atoms with Crippen LogP contribution >= 0.6 is 0 Å². The highest BCUT2D eigenvalue weighted by atomic mass is 16.6. The van der Waals surface area contributed by atoms with Crippen LogP contribution in [0.25, 0.3) is 0 Å². The van der Waals surface area contributed by atoms with E-state index in [1.165, 1.54) is 0 Å². The van der Waals surface area contributed by atoms with E-state index in [1.807, 2.05) is 18.2 Å². The summed E-state index contributed by atoms with van der Waals surface area (Å²) in [6.07, 6.45) is 0.959. The first-order valence-corrected chi connectivity index (χ1v) is 5.79. The molecule has 1 aromatic carbocycles. The van der Waals surface area contributed by atoms with Crippen LogP contribution in [-0.2, 0) is 0 Å². The highest BCUT2D eigenvalue weighted by Gasteiger charge is 2.21. The average Bonchev–Trinajstić information content (AvgIpc) is 2.39. The van der Waals surface area contributed by atoms with Gasteiger partial charge in [-0.15, -0.1) is 0 Å². The van der Waals surface area contributed by atoms with Crippen LogP contribution in [-0.4, -0.2) is 32.3 Å². The van der Waals surface area contributed by atoms with Crippen molar-refractivity contribution >= 4 is 11.7 Å². The molecule has 2 aliphatic rings. The second-order valence-corrected chi connectivity index (χ2v) is 4.07. The van der Waals surface area contributed by atoms with E-state index in [0.29, 0.717) is 19.0 Å². The first-order chi connectivity index (χ1) is 8.34. The van der Waals surface area contributed by atoms with Gasteiger partial charge in [-0.2, -0.15) is 0 Å². The lowest BCUT2D eigenvalue weighted by atomic mass is 10.2. The van der Waals surface area contributed by atoms with Crippen molar-refractivity contribution in [1.82, 2.24) is 5.32 Å². The van der Waals surface area contributed by atoms with Crippen LogP contribution in [0.3, 0.4) is 0 Å². The zero-order valence-corrected chi connectivity index (χ0v) is 9.44. The maximum absolute atomic E-state index is 11.7. The molecule has 17 heavy (non-hydrogen) atoms. The van der Waals surface area contributed by atoms with Gasteiger partial charge < -0.3 is 14.8 Å². The van der Waals surface area contributed by atoms with Gasteiger partial charge in [-0.1, -0.05) is 0 Å². The predicted molar refractivity (Wildman–Crippen MR) is 62.8 cm³/mol. The van der Waals surface area contributed by atoms with E-state index >= 15 is 0 Å². The van der Waals surface area contributed by atoms with E-state index in [1.54, 1.807) is 4.90 Å². The van der Waals surface area contributed by atoms with Crippen molar-refractivity contribution in [3.8, 4) is 11.5 Å². The third kappa shape index (κ3) is 1.88. The Morgan fingerprint density at radius 1 is 1.18 bits per heavy atom. The van der Waals surface area contributed by atoms with E-state index in [0.717, 1.165) is 30.9 Å². The van der Waals surface area contributed by atoms with Gasteiger partial charge in [-0.3, -0.25) is 4.90 Å². The van der Waals surface area contributed by atoms with Crippen molar-refractivity contribution in [2.75, 3.05) is 31.2 Å². The molecule has 5 heteroatoms. The molecule has 2 amide bonds. The molecule has 0 bridgehead atoms. The molecule has 1 aromatic rings. The maximum Gasteiger partial charge on any atom is 0.321 e. The zero-order valence-electron chi connectivity index (χ0n) is 9.44. The minimum atomic E-state index is -0.0482. The van der Waals surface area contributed by atoms with Crippen LogP contribution in [0.1, 0.15) is 6.42 Å². The second-order valence-electron chi connectivity index (χ2n) is 4.07. The highest BCUT2D eigenvalue weighted by Crippen LogP contribution is 2.34. The minimum Gasteiger partial charge on any atom is -0.486 e. The number of nitrogens with one attached hydrogen (secondary N) is 1. The number of hydrogen-bond donors (Lipinski definition) is 1. The molecule has 2 heterocycles. The molecule has 90 valence electrons. The van der Waals surface area contributed by atoms with E-state index in [9.17, 15) is 4.79 Å². The number of benzene rings is 1. The van der Waals surface area contributed by atoms with Crippen molar-refractivity contribution in [3.05, 3.63) is 18.2 Å². The lowest BCUT2D eigenvalue weighted by molar-refractivity contribution is 0.171. The Kier molecular flexibility index (Phi) is 2.51. The Bertz CT molecular complexity index is 447. The molecule has 0 radical (unpaired) electrons. The number of nitrogens with zero attached hydrogens (tertiary/aromatic N) is 1. The summed E-state index contributed by atoms with van der Waals surface area (Å²) in [4.78, 5) is 13.4. The number of urea groups is 1. The Morgan fingerprint density at radius 2 is 2.00 bits per heavy atom. The fourth-order valence-corrected chi connectivity index (χ4v) is 2.08. The van der Waals surface area contributed by atoms with E-state index < -0.39 is 0 Å². The molecular formula is C12H14N2O3. The van der Waals surface area contributed by atoms with Crippen molar-refractivity contribution in [2.24, 2.45) is 0 Å². The van der Waals surface area contributed by atoms with Crippen molar-refractivity contribution in [2.45, 2.75) is 6.42 Å². The summed E-state index contributed by atoms with van der Waals surface area (Å²) < 4.78 is 11.0. The van der Waals surface area contributed by atoms with Gasteiger partial charge in [0.25, 0.3) is 0 Å². The molecule has 3 rings (SSSR count). The molecule has 0 atom stereocenters. The summed E-state index contributed by atoms with van der Waals surface area (Å²) in [6, 6.07) is 5.55. The Labute approximate surface area is 99.3 Å². The monoisotopic (exact) mass is 234 g/mol. The first kappa shape index (κ1) is 10.3. The largest absolute Gasteiger partial charge is 0.486 e. The van der Waals surface area contributed by atoms with Gasteiger partial charge in [0.2, 0.25) is 0 Å². The SMILES string of the molecule is O=C1NCCCN1c1ccc2c(c1)OCCO2. The van der Waals surface area contributed by atoms with Crippen LogP contribution in [0, 0.1) is 0 Å². The molecule has 0 aliphatic carbocycles. The summed E-state index contributed by atoms with van der Waals surface area (Å²) in [5.41, 5.74) is 0.853. The normalized spacial score (nSPS) is 18.8. The van der Waals surface area contributed by atoms with Crippen LogP contribution < -0.4 is 19.7 Å². The number of amides is 2. The van der Waals surface area contributed by atoms with Crippen LogP contribution in [0.15, 0.2) is 18.2 Å². The van der Waals surface area contributed by atoms with Crippen LogP contribution in [0.2, 0.25) is 0 Å². The standard InChI is InChI=1S/C12H14N2O3/c15-12-13-4-1-5-14(12)9-2-3-10-11(8-9)17-7-6-16-10/h2-3,8H,1,4-7H2,(H,13,15). The van der Waals surface area contributed by atoms with E-state index in [-0.39, 0.29) is 6.03 Å². The number of hydrogen-bond acceptors (Lipinski definition) is 3. The number of carbonyl (C=O) groups is 1. The fourth-order valence-electron chi connectivity index (χ4n) is 2.08. The molecule has 0 saturated carbocycles. The van der Waals surface area contributed by atoms with Gasteiger partial charge in [0.05, 0.1) is 0 Å². The highest BCUT2D eigenvalue weighted by molar-refractivity contribution is 5.93. The number of rotatable bonds is 1. The third-order valence-corrected chi connectivity index (χ3v) is 2.92. The quantitative estimate of drug-likeness (QED) is 0.798. The van der Waals surface area contributed by atoms with Crippen molar-refractivity contribution in [1.29, 1.82) is 0 Å². The number of carbonyl (C=O) groups excluding carboxylic acids is 1. The first-order valence-electron chi connectivity index (χ1n) is 5.79. The molecule has 0 spiro atoms. The minimum absolute atomic E-state index is 0.0482. The van der Waals surface area contributed by atoms with Crippen molar-refractivity contribution < 1.29 is 14.3 Å². The molecular weight excluding hydrogens is 220 g/mol. The van der Waals surface area contributed by atoms with Gasteiger partial charge in [-0.25, -0.2) is 4.79 Å². The van der Waals surface area contributed by atoms with Gasteiger partial charge >= 0.3 is 6.03 Å². The Morgan fingerprint density at radius 3 is 2.82 bits per heavy atom. The Hall–Kier alpha value is -1.91.